The highest BCUT2D eigenvalue weighted by molar-refractivity contribution is 7.89. The molecule has 0 saturated carbocycles. The minimum atomic E-state index is -4.80. The number of nitrogens with one attached hydrogen (secondary N) is 1. The molecule has 28 heavy (non-hydrogen) atoms. The monoisotopic (exact) mass is 409 g/mol. The zero-order valence-electron chi connectivity index (χ0n) is 14.4. The van der Waals surface area contributed by atoms with Gasteiger partial charge in [-0.15, -0.1) is 0 Å². The zero-order chi connectivity index (χ0) is 20.4. The first-order valence-corrected chi connectivity index (χ1v) is 9.66. The van der Waals surface area contributed by atoms with E-state index in [4.69, 9.17) is 0 Å². The van der Waals surface area contributed by atoms with Crippen LogP contribution in [-0.2, 0) is 22.7 Å². The largest absolute Gasteiger partial charge is 0.419 e. The predicted molar refractivity (Wildman–Crippen MR) is 97.3 cm³/mol. The van der Waals surface area contributed by atoms with Crippen LogP contribution < -0.4 is 4.72 Å². The van der Waals surface area contributed by atoms with Crippen molar-refractivity contribution in [1.82, 2.24) is 4.72 Å². The number of halogens is 4. The molecule has 0 saturated heterocycles. The van der Waals surface area contributed by atoms with Gasteiger partial charge in [-0.1, -0.05) is 48.5 Å². The summed E-state index contributed by atoms with van der Waals surface area (Å²) in [6, 6.07) is 17.8. The van der Waals surface area contributed by atoms with Gasteiger partial charge in [0.1, 0.15) is 5.82 Å². The van der Waals surface area contributed by atoms with Gasteiger partial charge < -0.3 is 0 Å². The second-order valence-corrected chi connectivity index (χ2v) is 7.79. The second-order valence-electron chi connectivity index (χ2n) is 6.03. The van der Waals surface area contributed by atoms with Gasteiger partial charge in [-0.25, -0.2) is 17.5 Å². The minimum absolute atomic E-state index is 0.000403. The van der Waals surface area contributed by atoms with Gasteiger partial charge in [0.2, 0.25) is 10.0 Å². The van der Waals surface area contributed by atoms with E-state index < -0.39 is 27.6 Å². The third-order valence-electron chi connectivity index (χ3n) is 4.08. The van der Waals surface area contributed by atoms with Gasteiger partial charge in [0.15, 0.2) is 0 Å². The Morgan fingerprint density at radius 1 is 0.821 bits per heavy atom. The molecular formula is C20H15F4NO2S. The molecule has 3 aromatic carbocycles. The Labute approximate surface area is 159 Å². The summed E-state index contributed by atoms with van der Waals surface area (Å²) < 4.78 is 78.4. The van der Waals surface area contributed by atoms with Crippen molar-refractivity contribution in [3.63, 3.8) is 0 Å². The van der Waals surface area contributed by atoms with E-state index in [1.165, 1.54) is 12.1 Å². The van der Waals surface area contributed by atoms with Crippen molar-refractivity contribution in [2.45, 2.75) is 17.6 Å². The number of sulfonamides is 1. The third-order valence-corrected chi connectivity index (χ3v) is 5.49. The summed E-state index contributed by atoms with van der Waals surface area (Å²) in [4.78, 5) is -0.000403. The first kappa shape index (κ1) is 20.0. The van der Waals surface area contributed by atoms with Crippen LogP contribution in [0.5, 0.6) is 0 Å². The molecule has 0 spiro atoms. The molecule has 8 heteroatoms. The molecule has 0 bridgehead atoms. The van der Waals surface area contributed by atoms with E-state index in [0.717, 1.165) is 17.2 Å². The number of hydrogen-bond acceptors (Lipinski definition) is 2. The molecule has 3 aromatic rings. The van der Waals surface area contributed by atoms with Gasteiger partial charge in [0.25, 0.3) is 0 Å². The second kappa shape index (κ2) is 7.73. The molecule has 0 aliphatic carbocycles. The molecule has 0 unspecified atom stereocenters. The van der Waals surface area contributed by atoms with Crippen LogP contribution in [0.15, 0.2) is 77.7 Å². The standard InChI is InChI=1S/C20H15F4NO2S/c21-19-12-14(6-11-18(19)20(22,23)24)13-25-28(26,27)17-9-7-16(8-10-17)15-4-2-1-3-5-15/h1-12,25H,13H2. The first-order valence-electron chi connectivity index (χ1n) is 8.17. The maximum absolute atomic E-state index is 13.6. The number of hydrogen-bond donors (Lipinski definition) is 1. The molecule has 146 valence electrons. The molecule has 0 aliphatic rings. The molecular weight excluding hydrogens is 394 g/mol. The Morgan fingerprint density at radius 3 is 2.00 bits per heavy atom. The lowest BCUT2D eigenvalue weighted by Gasteiger charge is -2.11. The smallest absolute Gasteiger partial charge is 0.207 e. The van der Waals surface area contributed by atoms with Crippen LogP contribution in [0.2, 0.25) is 0 Å². The van der Waals surface area contributed by atoms with Gasteiger partial charge in [0, 0.05) is 6.54 Å². The lowest BCUT2D eigenvalue weighted by Crippen LogP contribution is -2.23. The fourth-order valence-corrected chi connectivity index (χ4v) is 3.64. The van der Waals surface area contributed by atoms with E-state index in [0.29, 0.717) is 12.1 Å². The Hall–Kier alpha value is -2.71. The molecule has 0 fully saturated rings. The van der Waals surface area contributed by atoms with Crippen LogP contribution >= 0.6 is 0 Å². The Kier molecular flexibility index (Phi) is 5.53. The Morgan fingerprint density at radius 2 is 1.43 bits per heavy atom. The molecule has 3 rings (SSSR count). The molecule has 0 aliphatic heterocycles. The first-order chi connectivity index (χ1) is 13.2. The van der Waals surface area contributed by atoms with Gasteiger partial charge in [-0.2, -0.15) is 13.2 Å². The molecule has 0 heterocycles. The maximum atomic E-state index is 13.6. The van der Waals surface area contributed by atoms with E-state index in [1.807, 2.05) is 30.3 Å². The minimum Gasteiger partial charge on any atom is -0.207 e. The topological polar surface area (TPSA) is 46.2 Å². The van der Waals surface area contributed by atoms with Crippen molar-refractivity contribution >= 4 is 10.0 Å². The summed E-state index contributed by atoms with van der Waals surface area (Å²) >= 11 is 0. The number of benzene rings is 3. The summed E-state index contributed by atoms with van der Waals surface area (Å²) in [5.41, 5.74) is 0.453. The Bertz CT molecular complexity index is 1060. The molecule has 3 nitrogen and oxygen atoms in total. The van der Waals surface area contributed by atoms with Crippen LogP contribution in [0.3, 0.4) is 0 Å². The zero-order valence-corrected chi connectivity index (χ0v) is 15.2. The third kappa shape index (κ3) is 4.58. The van der Waals surface area contributed by atoms with Crippen molar-refractivity contribution in [2.24, 2.45) is 0 Å². The number of rotatable bonds is 5. The van der Waals surface area contributed by atoms with E-state index >= 15 is 0 Å². The summed E-state index contributed by atoms with van der Waals surface area (Å²) in [6.45, 7) is -0.335. The van der Waals surface area contributed by atoms with Gasteiger partial charge in [-0.3, -0.25) is 0 Å². The molecule has 0 radical (unpaired) electrons. The van der Waals surface area contributed by atoms with Crippen molar-refractivity contribution in [1.29, 1.82) is 0 Å². The average molecular weight is 409 g/mol. The highest BCUT2D eigenvalue weighted by Crippen LogP contribution is 2.31. The summed E-state index contributed by atoms with van der Waals surface area (Å²) in [5, 5.41) is 0. The average Bonchev–Trinajstić information content (AvgIpc) is 2.66. The van der Waals surface area contributed by atoms with Crippen molar-refractivity contribution in [3.8, 4) is 11.1 Å². The number of alkyl halides is 3. The van der Waals surface area contributed by atoms with Crippen molar-refractivity contribution < 1.29 is 26.0 Å². The van der Waals surface area contributed by atoms with Crippen LogP contribution in [0, 0.1) is 5.82 Å². The van der Waals surface area contributed by atoms with Crippen molar-refractivity contribution in [3.05, 3.63) is 89.7 Å². The van der Waals surface area contributed by atoms with E-state index in [-0.39, 0.29) is 17.0 Å². The lowest BCUT2D eigenvalue weighted by molar-refractivity contribution is -0.140. The van der Waals surface area contributed by atoms with Crippen LogP contribution in [-0.4, -0.2) is 8.42 Å². The quantitative estimate of drug-likeness (QED) is 0.604. The summed E-state index contributed by atoms with van der Waals surface area (Å²) in [7, 11) is -3.90. The summed E-state index contributed by atoms with van der Waals surface area (Å²) in [6.07, 6.45) is -4.80. The normalized spacial score (nSPS) is 12.1. The van der Waals surface area contributed by atoms with Crippen LogP contribution in [0.4, 0.5) is 17.6 Å². The predicted octanol–water partition coefficient (Wildman–Crippen LogP) is 4.99. The fourth-order valence-electron chi connectivity index (χ4n) is 2.62. The van der Waals surface area contributed by atoms with Crippen LogP contribution in [0.25, 0.3) is 11.1 Å². The van der Waals surface area contributed by atoms with Crippen molar-refractivity contribution in [2.75, 3.05) is 0 Å². The van der Waals surface area contributed by atoms with Gasteiger partial charge >= 0.3 is 6.18 Å². The van der Waals surface area contributed by atoms with Gasteiger partial charge in [-0.05, 0) is 41.0 Å². The highest BCUT2D eigenvalue weighted by Gasteiger charge is 2.33. The van der Waals surface area contributed by atoms with E-state index in [1.54, 1.807) is 12.1 Å². The van der Waals surface area contributed by atoms with E-state index in [2.05, 4.69) is 4.72 Å². The molecule has 0 atom stereocenters. The van der Waals surface area contributed by atoms with Crippen LogP contribution in [0.1, 0.15) is 11.1 Å². The maximum Gasteiger partial charge on any atom is 0.419 e. The van der Waals surface area contributed by atoms with Gasteiger partial charge in [0.05, 0.1) is 10.5 Å². The van der Waals surface area contributed by atoms with E-state index in [9.17, 15) is 26.0 Å². The Balaban J connectivity index is 1.73. The SMILES string of the molecule is O=S(=O)(NCc1ccc(C(F)(F)F)c(F)c1)c1ccc(-c2ccccc2)cc1. The lowest BCUT2D eigenvalue weighted by atomic mass is 10.1. The highest BCUT2D eigenvalue weighted by atomic mass is 32.2. The molecule has 0 aromatic heterocycles. The molecule has 0 amide bonds. The fraction of sp³-hybridized carbons (Fsp3) is 0.100. The summed E-state index contributed by atoms with van der Waals surface area (Å²) in [5.74, 6) is -1.45. The molecule has 1 N–H and O–H groups in total.